The number of rotatable bonds is 5. The van der Waals surface area contributed by atoms with E-state index >= 15 is 0 Å². The zero-order valence-electron chi connectivity index (χ0n) is 20.1. The first kappa shape index (κ1) is 21.7. The largest absolute Gasteiger partial charge is 0.492 e. The van der Waals surface area contributed by atoms with Gasteiger partial charge in [-0.1, -0.05) is 12.1 Å². The third-order valence-corrected chi connectivity index (χ3v) is 7.53. The number of benzene rings is 2. The van der Waals surface area contributed by atoms with Gasteiger partial charge in [-0.25, -0.2) is 15.0 Å². The van der Waals surface area contributed by atoms with Crippen LogP contribution in [0.3, 0.4) is 0 Å². The second-order valence-corrected chi connectivity index (χ2v) is 9.51. The summed E-state index contributed by atoms with van der Waals surface area (Å²) in [4.78, 5) is 21.8. The number of hydrogen-bond donors (Lipinski definition) is 3. The van der Waals surface area contributed by atoms with Crippen LogP contribution in [-0.2, 0) is 0 Å². The normalized spacial score (nSPS) is 17.3. The predicted molar refractivity (Wildman–Crippen MR) is 139 cm³/mol. The Bertz CT molecular complexity index is 1410. The Morgan fingerprint density at radius 2 is 1.94 bits per heavy atom. The number of ether oxygens (including phenoxy) is 1. The molecule has 6 rings (SSSR count). The van der Waals surface area contributed by atoms with Crippen LogP contribution >= 0.6 is 0 Å². The molecule has 0 unspecified atom stereocenters. The number of fused-ring (bicyclic) bond motifs is 1. The highest BCUT2D eigenvalue weighted by molar-refractivity contribution is 5.96. The number of likely N-dealkylation sites (tertiary alicyclic amines) is 1. The topological polar surface area (TPSA) is 122 Å². The zero-order chi connectivity index (χ0) is 24.2. The number of nitrogens with zero attached hydrogens (tertiary/aromatic N) is 5. The highest BCUT2D eigenvalue weighted by Crippen LogP contribution is 2.47. The van der Waals surface area contributed by atoms with Gasteiger partial charge in [0.1, 0.15) is 12.1 Å². The average Bonchev–Trinajstić information content (AvgIpc) is 3.47. The minimum absolute atomic E-state index is 0.231. The van der Waals surface area contributed by atoms with Crippen LogP contribution in [-0.4, -0.2) is 63.7 Å². The van der Waals surface area contributed by atoms with Gasteiger partial charge >= 0.3 is 0 Å². The number of para-hydroxylation sites is 1. The minimum atomic E-state index is 0.231. The first-order valence-corrected chi connectivity index (χ1v) is 12.1. The van der Waals surface area contributed by atoms with E-state index in [1.54, 1.807) is 0 Å². The molecule has 0 atom stereocenters. The van der Waals surface area contributed by atoms with Gasteiger partial charge in [0.25, 0.3) is 0 Å². The molecule has 2 aromatic carbocycles. The van der Waals surface area contributed by atoms with Crippen molar-refractivity contribution in [2.45, 2.75) is 25.3 Å². The number of anilines is 3. The Morgan fingerprint density at radius 3 is 2.71 bits per heavy atom. The average molecular weight is 471 g/mol. The maximum Gasteiger partial charge on any atom is 0.167 e. The molecule has 35 heavy (non-hydrogen) atoms. The lowest BCUT2D eigenvalue weighted by Crippen LogP contribution is -2.67. The number of aromatic amines is 1. The van der Waals surface area contributed by atoms with Gasteiger partial charge in [0.05, 0.1) is 40.3 Å². The molecule has 1 spiro atoms. The Kier molecular flexibility index (Phi) is 5.03. The number of nitrogen functional groups attached to an aromatic ring is 2. The van der Waals surface area contributed by atoms with Gasteiger partial charge in [0.15, 0.2) is 11.6 Å². The fraction of sp³-hybridized carbons (Fsp3) is 0.346. The fourth-order valence-corrected chi connectivity index (χ4v) is 5.58. The van der Waals surface area contributed by atoms with Crippen molar-refractivity contribution in [2.75, 3.05) is 49.7 Å². The molecule has 2 fully saturated rings. The second-order valence-electron chi connectivity index (χ2n) is 9.51. The van der Waals surface area contributed by atoms with Gasteiger partial charge in [-0.15, -0.1) is 0 Å². The number of aromatic nitrogens is 4. The van der Waals surface area contributed by atoms with Gasteiger partial charge in [-0.05, 0) is 45.5 Å². The Hall–Kier alpha value is -3.85. The van der Waals surface area contributed by atoms with E-state index in [4.69, 9.17) is 21.2 Å². The first-order valence-electron chi connectivity index (χ1n) is 12.1. The molecule has 2 aliphatic heterocycles. The van der Waals surface area contributed by atoms with E-state index in [1.165, 1.54) is 19.2 Å². The summed E-state index contributed by atoms with van der Waals surface area (Å²) in [6.07, 6.45) is 5.86. The van der Waals surface area contributed by atoms with E-state index in [-0.39, 0.29) is 5.54 Å². The molecule has 2 saturated heterocycles. The van der Waals surface area contributed by atoms with Crippen molar-refractivity contribution in [3.63, 3.8) is 0 Å². The SMILES string of the molecule is CCOc1cc(N2CC3(CCCN3C)C2)c(N)c(-c2ncnc(-c3cccc4cc[nH]c34)n2)c1N. The van der Waals surface area contributed by atoms with Crippen molar-refractivity contribution in [1.82, 2.24) is 24.8 Å². The van der Waals surface area contributed by atoms with E-state index in [2.05, 4.69) is 31.8 Å². The second kappa shape index (κ2) is 8.13. The fourth-order valence-electron chi connectivity index (χ4n) is 5.58. The van der Waals surface area contributed by atoms with Crippen molar-refractivity contribution in [3.8, 4) is 28.5 Å². The molecule has 0 bridgehead atoms. The lowest BCUT2D eigenvalue weighted by molar-refractivity contribution is 0.133. The summed E-state index contributed by atoms with van der Waals surface area (Å²) in [6, 6.07) is 10.0. The molecule has 0 amide bonds. The standard InChI is InChI=1S/C26H30N8O/c1-3-35-19-12-18(34-13-26(14-34)9-5-11-33(26)2)21(27)20(22(19)28)25-31-15-30-24(32-25)17-7-4-6-16-8-10-29-23(16)17/h4,6-8,10,12,15,29H,3,5,9,11,13-14,27-28H2,1-2H3. The monoisotopic (exact) mass is 470 g/mol. The third kappa shape index (κ3) is 3.37. The summed E-state index contributed by atoms with van der Waals surface area (Å²) >= 11 is 0. The summed E-state index contributed by atoms with van der Waals surface area (Å²) in [5.74, 6) is 1.59. The molecule has 2 aromatic heterocycles. The molecule has 0 aliphatic carbocycles. The molecule has 4 aromatic rings. The van der Waals surface area contributed by atoms with E-state index in [1.807, 2.05) is 43.5 Å². The van der Waals surface area contributed by atoms with Gasteiger partial charge in [0, 0.05) is 36.3 Å². The molecular weight excluding hydrogens is 440 g/mol. The van der Waals surface area contributed by atoms with E-state index in [0.717, 1.165) is 41.8 Å². The van der Waals surface area contributed by atoms with Crippen molar-refractivity contribution in [1.29, 1.82) is 0 Å². The van der Waals surface area contributed by atoms with Gasteiger partial charge in [-0.3, -0.25) is 4.90 Å². The van der Waals surface area contributed by atoms with Crippen LogP contribution < -0.4 is 21.1 Å². The summed E-state index contributed by atoms with van der Waals surface area (Å²) in [5, 5.41) is 1.09. The van der Waals surface area contributed by atoms with Crippen LogP contribution in [0.5, 0.6) is 5.75 Å². The lowest BCUT2D eigenvalue weighted by Gasteiger charge is -2.53. The van der Waals surface area contributed by atoms with Crippen molar-refractivity contribution in [3.05, 3.63) is 42.9 Å². The van der Waals surface area contributed by atoms with Gasteiger partial charge in [0.2, 0.25) is 0 Å². The van der Waals surface area contributed by atoms with Crippen LogP contribution in [0.2, 0.25) is 0 Å². The maximum atomic E-state index is 6.78. The zero-order valence-corrected chi connectivity index (χ0v) is 20.1. The van der Waals surface area contributed by atoms with Crippen LogP contribution in [0, 0.1) is 0 Å². The van der Waals surface area contributed by atoms with Crippen molar-refractivity contribution < 1.29 is 4.74 Å². The maximum absolute atomic E-state index is 6.78. The van der Waals surface area contributed by atoms with Crippen LogP contribution in [0.4, 0.5) is 17.1 Å². The first-order chi connectivity index (χ1) is 17.0. The number of hydrogen-bond acceptors (Lipinski definition) is 8. The molecular formula is C26H30N8O. The van der Waals surface area contributed by atoms with E-state index in [0.29, 0.717) is 40.9 Å². The molecule has 2 aliphatic rings. The predicted octanol–water partition coefficient (Wildman–Crippen LogP) is 3.53. The lowest BCUT2D eigenvalue weighted by atomic mass is 9.86. The smallest absolute Gasteiger partial charge is 0.167 e. The minimum Gasteiger partial charge on any atom is -0.492 e. The third-order valence-electron chi connectivity index (χ3n) is 7.53. The molecule has 0 radical (unpaired) electrons. The molecule has 180 valence electrons. The summed E-state index contributed by atoms with van der Waals surface area (Å²) < 4.78 is 5.92. The Balaban J connectivity index is 1.44. The van der Waals surface area contributed by atoms with E-state index in [9.17, 15) is 0 Å². The molecule has 0 saturated carbocycles. The molecule has 5 N–H and O–H groups in total. The molecule has 9 nitrogen and oxygen atoms in total. The quantitative estimate of drug-likeness (QED) is 0.379. The Labute approximate surface area is 204 Å². The van der Waals surface area contributed by atoms with Crippen molar-refractivity contribution >= 4 is 28.0 Å². The molecule has 4 heterocycles. The summed E-state index contributed by atoms with van der Waals surface area (Å²) in [6.45, 7) is 5.44. The van der Waals surface area contributed by atoms with Gasteiger partial charge < -0.3 is 26.1 Å². The van der Waals surface area contributed by atoms with Crippen LogP contribution in [0.1, 0.15) is 19.8 Å². The van der Waals surface area contributed by atoms with E-state index < -0.39 is 0 Å². The van der Waals surface area contributed by atoms with Gasteiger partial charge in [-0.2, -0.15) is 0 Å². The Morgan fingerprint density at radius 1 is 1.11 bits per heavy atom. The van der Waals surface area contributed by atoms with Crippen molar-refractivity contribution in [2.24, 2.45) is 0 Å². The summed E-state index contributed by atoms with van der Waals surface area (Å²) in [7, 11) is 2.21. The van der Waals surface area contributed by atoms with Crippen LogP contribution in [0.15, 0.2) is 42.9 Å². The number of likely N-dealkylation sites (N-methyl/N-ethyl adjacent to an activating group) is 1. The number of H-pyrrole nitrogens is 1. The van der Waals surface area contributed by atoms with Crippen LogP contribution in [0.25, 0.3) is 33.7 Å². The molecule has 9 heteroatoms. The highest BCUT2D eigenvalue weighted by Gasteiger charge is 2.49. The number of nitrogens with one attached hydrogen (secondary N) is 1. The number of nitrogens with two attached hydrogens (primary N) is 2. The summed E-state index contributed by atoms with van der Waals surface area (Å²) in [5.41, 5.74) is 18.0. The highest BCUT2D eigenvalue weighted by atomic mass is 16.5.